The number of aromatic hydroxyl groups is 1. The highest BCUT2D eigenvalue weighted by atomic mass is 16.5. The maximum atomic E-state index is 10.2. The molecule has 5 nitrogen and oxygen atoms in total. The predicted molar refractivity (Wildman–Crippen MR) is 107 cm³/mol. The van der Waals surface area contributed by atoms with E-state index in [1.807, 2.05) is 24.3 Å². The van der Waals surface area contributed by atoms with Gasteiger partial charge in [-0.1, -0.05) is 6.07 Å². The van der Waals surface area contributed by atoms with E-state index >= 15 is 0 Å². The Balaban J connectivity index is 1.78. The van der Waals surface area contributed by atoms with E-state index in [-0.39, 0.29) is 5.75 Å². The van der Waals surface area contributed by atoms with Crippen LogP contribution in [0, 0.1) is 0 Å². The fraction of sp³-hybridized carbons (Fsp3) is 0.409. The Morgan fingerprint density at radius 3 is 2.44 bits per heavy atom. The standard InChI is InChI=1S/C22H28N2O3/c1-26-19-11-9-17(10-12-19)20(24-13-4-3-5-14-24)16-23-15-18-7-6-8-21(27-2)22(18)25/h6-12,15,20,25H,3-5,13-14,16H2,1-2H3/p+1/t20-/m1/s1. The van der Waals surface area contributed by atoms with Crippen molar-refractivity contribution in [2.45, 2.75) is 25.3 Å². The molecule has 0 bridgehead atoms. The second-order valence-corrected chi connectivity index (χ2v) is 6.94. The van der Waals surface area contributed by atoms with Crippen LogP contribution < -0.4 is 14.4 Å². The van der Waals surface area contributed by atoms with Gasteiger partial charge in [0.15, 0.2) is 11.5 Å². The van der Waals surface area contributed by atoms with Gasteiger partial charge in [-0.3, -0.25) is 4.99 Å². The molecule has 2 N–H and O–H groups in total. The van der Waals surface area contributed by atoms with Crippen LogP contribution in [0.2, 0.25) is 0 Å². The topological polar surface area (TPSA) is 55.5 Å². The summed E-state index contributed by atoms with van der Waals surface area (Å²) < 4.78 is 10.5. The van der Waals surface area contributed by atoms with Gasteiger partial charge in [-0.15, -0.1) is 0 Å². The maximum Gasteiger partial charge on any atom is 0.166 e. The average Bonchev–Trinajstić information content (AvgIpc) is 2.73. The molecule has 1 heterocycles. The zero-order valence-electron chi connectivity index (χ0n) is 16.1. The number of piperidine rings is 1. The van der Waals surface area contributed by atoms with Crippen LogP contribution in [-0.4, -0.2) is 45.2 Å². The molecule has 1 atom stereocenters. The molecule has 0 radical (unpaired) electrons. The van der Waals surface area contributed by atoms with Gasteiger partial charge in [-0.25, -0.2) is 0 Å². The summed E-state index contributed by atoms with van der Waals surface area (Å²) >= 11 is 0. The molecule has 5 heteroatoms. The number of quaternary nitrogens is 1. The van der Waals surface area contributed by atoms with Crippen molar-refractivity contribution >= 4 is 6.21 Å². The van der Waals surface area contributed by atoms with Crippen LogP contribution in [0.3, 0.4) is 0 Å². The Morgan fingerprint density at radius 2 is 1.78 bits per heavy atom. The van der Waals surface area contributed by atoms with E-state index in [2.05, 4.69) is 17.1 Å². The van der Waals surface area contributed by atoms with Crippen LogP contribution >= 0.6 is 0 Å². The molecule has 2 aromatic rings. The molecule has 0 saturated carbocycles. The molecule has 1 aliphatic rings. The van der Waals surface area contributed by atoms with E-state index in [1.54, 1.807) is 31.4 Å². The number of para-hydroxylation sites is 1. The summed E-state index contributed by atoms with van der Waals surface area (Å²) in [6.45, 7) is 3.03. The van der Waals surface area contributed by atoms with Crippen molar-refractivity contribution in [3.05, 3.63) is 53.6 Å². The second-order valence-electron chi connectivity index (χ2n) is 6.94. The molecular formula is C22H29N2O3+. The molecule has 0 amide bonds. The summed E-state index contributed by atoms with van der Waals surface area (Å²) in [5.74, 6) is 1.47. The molecule has 1 aliphatic heterocycles. The van der Waals surface area contributed by atoms with E-state index < -0.39 is 0 Å². The van der Waals surface area contributed by atoms with Crippen molar-refractivity contribution in [3.63, 3.8) is 0 Å². The molecule has 1 fully saturated rings. The number of hydrogen-bond donors (Lipinski definition) is 2. The fourth-order valence-corrected chi connectivity index (χ4v) is 3.73. The molecule has 3 rings (SSSR count). The molecule has 2 aromatic carbocycles. The van der Waals surface area contributed by atoms with Gasteiger partial charge in [0, 0.05) is 17.3 Å². The Morgan fingerprint density at radius 1 is 1.04 bits per heavy atom. The summed E-state index contributed by atoms with van der Waals surface area (Å²) in [6.07, 6.45) is 5.60. The van der Waals surface area contributed by atoms with Crippen molar-refractivity contribution in [2.75, 3.05) is 33.9 Å². The first-order valence-electron chi connectivity index (χ1n) is 9.57. The number of methoxy groups -OCH3 is 2. The number of likely N-dealkylation sites (tertiary alicyclic amines) is 1. The number of aliphatic imine (C=N–C) groups is 1. The van der Waals surface area contributed by atoms with Crippen LogP contribution in [0.15, 0.2) is 47.5 Å². The number of benzene rings is 2. The van der Waals surface area contributed by atoms with Gasteiger partial charge in [-0.2, -0.15) is 0 Å². The quantitative estimate of drug-likeness (QED) is 0.738. The minimum Gasteiger partial charge on any atom is -0.504 e. The Hall–Kier alpha value is -2.53. The number of hydrogen-bond acceptors (Lipinski definition) is 4. The number of nitrogens with one attached hydrogen (secondary N) is 1. The van der Waals surface area contributed by atoms with E-state index in [9.17, 15) is 5.11 Å². The third kappa shape index (κ3) is 4.80. The lowest BCUT2D eigenvalue weighted by Gasteiger charge is -2.31. The molecule has 0 aromatic heterocycles. The van der Waals surface area contributed by atoms with Crippen molar-refractivity contribution in [1.82, 2.24) is 0 Å². The normalized spacial score (nSPS) is 16.4. The molecule has 0 spiro atoms. The Kier molecular flexibility index (Phi) is 6.71. The zero-order valence-corrected chi connectivity index (χ0v) is 16.1. The van der Waals surface area contributed by atoms with Crippen molar-refractivity contribution in [3.8, 4) is 17.2 Å². The minimum atomic E-state index is 0.134. The number of phenolic OH excluding ortho intramolecular Hbond substituents is 1. The van der Waals surface area contributed by atoms with Crippen LogP contribution in [0.4, 0.5) is 0 Å². The number of ether oxygens (including phenoxy) is 2. The molecule has 0 unspecified atom stereocenters. The monoisotopic (exact) mass is 369 g/mol. The third-order valence-electron chi connectivity index (χ3n) is 5.28. The lowest BCUT2D eigenvalue weighted by molar-refractivity contribution is -0.934. The predicted octanol–water partition coefficient (Wildman–Crippen LogP) is 2.64. The summed E-state index contributed by atoms with van der Waals surface area (Å²) in [4.78, 5) is 6.26. The van der Waals surface area contributed by atoms with Crippen LogP contribution in [0.1, 0.15) is 36.4 Å². The molecule has 27 heavy (non-hydrogen) atoms. The first-order valence-corrected chi connectivity index (χ1v) is 9.57. The summed E-state index contributed by atoms with van der Waals surface area (Å²) in [7, 11) is 3.24. The zero-order chi connectivity index (χ0) is 19.1. The number of nitrogens with zero attached hydrogens (tertiary/aromatic N) is 1. The molecule has 144 valence electrons. The van der Waals surface area contributed by atoms with Crippen molar-refractivity contribution < 1.29 is 19.5 Å². The second kappa shape index (κ2) is 9.42. The van der Waals surface area contributed by atoms with Crippen molar-refractivity contribution in [1.29, 1.82) is 0 Å². The van der Waals surface area contributed by atoms with Gasteiger partial charge >= 0.3 is 0 Å². The van der Waals surface area contributed by atoms with E-state index in [0.717, 1.165) is 5.75 Å². The Labute approximate surface area is 161 Å². The lowest BCUT2D eigenvalue weighted by Crippen LogP contribution is -3.13. The summed E-state index contributed by atoms with van der Waals surface area (Å²) in [5.41, 5.74) is 1.95. The lowest BCUT2D eigenvalue weighted by atomic mass is 10.0. The maximum absolute atomic E-state index is 10.2. The Bertz CT molecular complexity index is 753. The van der Waals surface area contributed by atoms with E-state index in [1.165, 1.54) is 37.9 Å². The minimum absolute atomic E-state index is 0.134. The highest BCUT2D eigenvalue weighted by Gasteiger charge is 2.25. The van der Waals surface area contributed by atoms with Crippen molar-refractivity contribution in [2.24, 2.45) is 4.99 Å². The summed E-state index contributed by atoms with van der Waals surface area (Å²) in [6, 6.07) is 14.1. The number of rotatable bonds is 7. The average molecular weight is 369 g/mol. The summed E-state index contributed by atoms with van der Waals surface area (Å²) in [5, 5.41) is 10.2. The van der Waals surface area contributed by atoms with Gasteiger partial charge < -0.3 is 19.5 Å². The smallest absolute Gasteiger partial charge is 0.166 e. The largest absolute Gasteiger partial charge is 0.504 e. The van der Waals surface area contributed by atoms with Crippen LogP contribution in [0.5, 0.6) is 17.2 Å². The highest BCUT2D eigenvalue weighted by molar-refractivity contribution is 5.84. The first-order chi connectivity index (χ1) is 13.2. The van der Waals surface area contributed by atoms with Gasteiger partial charge in [0.25, 0.3) is 0 Å². The van der Waals surface area contributed by atoms with E-state index in [0.29, 0.717) is 23.9 Å². The third-order valence-corrected chi connectivity index (χ3v) is 5.28. The number of phenols is 1. The van der Waals surface area contributed by atoms with Gasteiger partial charge in [-0.05, 0) is 55.7 Å². The highest BCUT2D eigenvalue weighted by Crippen LogP contribution is 2.28. The molecule has 1 saturated heterocycles. The molecular weight excluding hydrogens is 340 g/mol. The van der Waals surface area contributed by atoms with Gasteiger partial charge in [0.2, 0.25) is 0 Å². The van der Waals surface area contributed by atoms with E-state index in [4.69, 9.17) is 9.47 Å². The SMILES string of the molecule is COc1ccc([C@@H](CN=Cc2cccc(OC)c2O)[NH+]2CCCCC2)cc1. The molecule has 0 aliphatic carbocycles. The first kappa shape index (κ1) is 19.2. The van der Waals surface area contributed by atoms with Crippen LogP contribution in [0.25, 0.3) is 0 Å². The van der Waals surface area contributed by atoms with Crippen LogP contribution in [-0.2, 0) is 0 Å². The fourth-order valence-electron chi connectivity index (χ4n) is 3.73. The van der Waals surface area contributed by atoms with Gasteiger partial charge in [0.1, 0.15) is 11.8 Å². The van der Waals surface area contributed by atoms with Gasteiger partial charge in [0.05, 0.1) is 33.9 Å².